The van der Waals surface area contributed by atoms with Crippen LogP contribution in [-0.4, -0.2) is 0 Å². The minimum Gasteiger partial charge on any atom is -0.405 e. The zero-order chi connectivity index (χ0) is 8.53. The van der Waals surface area contributed by atoms with Crippen molar-refractivity contribution >= 4 is 0 Å². The Morgan fingerprint density at radius 3 is 2.09 bits per heavy atom. The number of benzene rings is 1. The summed E-state index contributed by atoms with van der Waals surface area (Å²) in [5.74, 6) is 0. The fourth-order valence-electron chi connectivity index (χ4n) is 0.714. The molecule has 2 N–H and O–H groups in total. The summed E-state index contributed by atoms with van der Waals surface area (Å²) in [6, 6.07) is 10.5. The van der Waals surface area contributed by atoms with Crippen LogP contribution in [-0.2, 0) is 6.42 Å². The molecule has 0 aliphatic carbocycles. The topological polar surface area (TPSA) is 26.0 Å². The molecule has 60 valence electrons. The minimum absolute atomic E-state index is 1.14. The molecule has 1 heteroatoms. The van der Waals surface area contributed by atoms with Crippen molar-refractivity contribution in [3.63, 3.8) is 0 Å². The summed E-state index contributed by atoms with van der Waals surface area (Å²) in [6.45, 7) is 5.30. The van der Waals surface area contributed by atoms with E-state index in [2.05, 4.69) is 43.5 Å². The predicted octanol–water partition coefficient (Wildman–Crippen LogP) is 2.34. The van der Waals surface area contributed by atoms with E-state index in [0.29, 0.717) is 0 Å². The lowest BCUT2D eigenvalue weighted by Gasteiger charge is -1.89. The van der Waals surface area contributed by atoms with Crippen molar-refractivity contribution in [1.82, 2.24) is 0 Å². The van der Waals surface area contributed by atoms with Gasteiger partial charge in [0.15, 0.2) is 0 Å². The van der Waals surface area contributed by atoms with Gasteiger partial charge in [-0.05, 0) is 18.2 Å². The molecule has 1 aromatic carbocycles. The van der Waals surface area contributed by atoms with Gasteiger partial charge in [-0.2, -0.15) is 0 Å². The van der Waals surface area contributed by atoms with Gasteiger partial charge in [0.05, 0.1) is 0 Å². The maximum Gasteiger partial charge on any atom is -0.0136 e. The minimum atomic E-state index is 1.14. The third kappa shape index (κ3) is 5.22. The average Bonchev–Trinajstić information content (AvgIpc) is 2.08. The first kappa shape index (κ1) is 9.76. The van der Waals surface area contributed by atoms with Crippen LogP contribution in [0, 0.1) is 0 Å². The molecule has 0 bridgehead atoms. The second kappa shape index (κ2) is 6.87. The molecule has 0 heterocycles. The lowest BCUT2D eigenvalue weighted by atomic mass is 10.2. The van der Waals surface area contributed by atoms with Crippen molar-refractivity contribution in [1.29, 1.82) is 0 Å². The van der Waals surface area contributed by atoms with Gasteiger partial charge < -0.3 is 5.73 Å². The van der Waals surface area contributed by atoms with Crippen LogP contribution < -0.4 is 5.73 Å². The van der Waals surface area contributed by atoms with Crippen LogP contribution in [0.4, 0.5) is 0 Å². The smallest absolute Gasteiger partial charge is 0.0136 e. The Kier molecular flexibility index (Phi) is 6.10. The van der Waals surface area contributed by atoms with E-state index in [-0.39, 0.29) is 0 Å². The molecule has 1 nitrogen and oxygen atoms in total. The first-order chi connectivity index (χ1) is 5.35. The van der Waals surface area contributed by atoms with Gasteiger partial charge in [0.1, 0.15) is 0 Å². The third-order valence-corrected chi connectivity index (χ3v) is 1.25. The van der Waals surface area contributed by atoms with Crippen LogP contribution >= 0.6 is 0 Å². The van der Waals surface area contributed by atoms with Gasteiger partial charge in [0.25, 0.3) is 0 Å². The lowest BCUT2D eigenvalue weighted by Crippen LogP contribution is -1.73. The van der Waals surface area contributed by atoms with E-state index in [4.69, 9.17) is 0 Å². The highest BCUT2D eigenvalue weighted by atomic mass is 14.5. The molecule has 0 radical (unpaired) electrons. The zero-order valence-electron chi connectivity index (χ0n) is 6.96. The molecule has 0 saturated heterocycles. The number of nitrogens with two attached hydrogens (primary N) is 1. The van der Waals surface area contributed by atoms with Crippen molar-refractivity contribution < 1.29 is 0 Å². The number of hydrogen-bond acceptors (Lipinski definition) is 1. The zero-order valence-corrected chi connectivity index (χ0v) is 6.96. The Balaban J connectivity index is 0.000000292. The van der Waals surface area contributed by atoms with Gasteiger partial charge in [-0.3, -0.25) is 0 Å². The first-order valence-electron chi connectivity index (χ1n) is 3.71. The molecule has 0 unspecified atom stereocenters. The van der Waals surface area contributed by atoms with E-state index in [0.717, 1.165) is 6.42 Å². The molecule has 1 rings (SSSR count). The van der Waals surface area contributed by atoms with Crippen molar-refractivity contribution in [2.24, 2.45) is 5.73 Å². The lowest BCUT2D eigenvalue weighted by molar-refractivity contribution is 1.14. The van der Waals surface area contributed by atoms with Crippen LogP contribution in [0.2, 0.25) is 0 Å². The second-order valence-corrected chi connectivity index (χ2v) is 2.07. The van der Waals surface area contributed by atoms with Gasteiger partial charge in [-0.25, -0.2) is 0 Å². The summed E-state index contributed by atoms with van der Waals surface area (Å²) >= 11 is 0. The summed E-state index contributed by atoms with van der Waals surface area (Å²) in [6.07, 6.45) is 2.39. The Morgan fingerprint density at radius 2 is 1.82 bits per heavy atom. The maximum absolute atomic E-state index is 4.61. The van der Waals surface area contributed by atoms with Crippen LogP contribution in [0.25, 0.3) is 0 Å². The predicted molar refractivity (Wildman–Crippen MR) is 50.2 cm³/mol. The van der Waals surface area contributed by atoms with Crippen molar-refractivity contribution in [3.8, 4) is 0 Å². The van der Waals surface area contributed by atoms with E-state index in [1.807, 2.05) is 6.07 Å². The SMILES string of the molecule is C=CN.CCc1ccccc1. The molecular weight excluding hydrogens is 134 g/mol. The Labute approximate surface area is 68.5 Å². The standard InChI is InChI=1S/C8H10.C2H5N/c1-2-8-6-4-3-5-7-8;1-2-3/h3-7H,2H2,1H3;2H,1,3H2. The highest BCUT2D eigenvalue weighted by molar-refractivity contribution is 5.13. The molecule has 0 aliphatic rings. The second-order valence-electron chi connectivity index (χ2n) is 2.07. The summed E-state index contributed by atoms with van der Waals surface area (Å²) in [4.78, 5) is 0. The van der Waals surface area contributed by atoms with Gasteiger partial charge in [0, 0.05) is 0 Å². The van der Waals surface area contributed by atoms with E-state index in [1.54, 1.807) is 0 Å². The fraction of sp³-hybridized carbons (Fsp3) is 0.200. The molecule has 1 aromatic rings. The van der Waals surface area contributed by atoms with Gasteiger partial charge >= 0.3 is 0 Å². The van der Waals surface area contributed by atoms with Crippen molar-refractivity contribution in [3.05, 3.63) is 48.7 Å². The summed E-state index contributed by atoms with van der Waals surface area (Å²) in [5.41, 5.74) is 6.02. The van der Waals surface area contributed by atoms with E-state index < -0.39 is 0 Å². The fourth-order valence-corrected chi connectivity index (χ4v) is 0.714. The molecule has 0 atom stereocenters. The van der Waals surface area contributed by atoms with Gasteiger partial charge in [-0.15, -0.1) is 0 Å². The Hall–Kier alpha value is -1.24. The molecule has 0 saturated carbocycles. The highest BCUT2D eigenvalue weighted by Gasteiger charge is 1.79. The third-order valence-electron chi connectivity index (χ3n) is 1.25. The molecular formula is C10H15N. The number of aryl methyl sites for hydroxylation is 1. The van der Waals surface area contributed by atoms with Gasteiger partial charge in [0.2, 0.25) is 0 Å². The largest absolute Gasteiger partial charge is 0.405 e. The van der Waals surface area contributed by atoms with Crippen LogP contribution in [0.5, 0.6) is 0 Å². The number of rotatable bonds is 1. The monoisotopic (exact) mass is 149 g/mol. The summed E-state index contributed by atoms with van der Waals surface area (Å²) in [7, 11) is 0. The van der Waals surface area contributed by atoms with Crippen LogP contribution in [0.3, 0.4) is 0 Å². The molecule has 0 fully saturated rings. The van der Waals surface area contributed by atoms with Crippen molar-refractivity contribution in [2.75, 3.05) is 0 Å². The molecule has 0 spiro atoms. The van der Waals surface area contributed by atoms with Crippen LogP contribution in [0.1, 0.15) is 12.5 Å². The summed E-state index contributed by atoms with van der Waals surface area (Å²) < 4.78 is 0. The normalized spacial score (nSPS) is 7.73. The molecule has 11 heavy (non-hydrogen) atoms. The van der Waals surface area contributed by atoms with Crippen molar-refractivity contribution in [2.45, 2.75) is 13.3 Å². The maximum atomic E-state index is 4.61. The average molecular weight is 149 g/mol. The first-order valence-corrected chi connectivity index (χ1v) is 3.71. The van der Waals surface area contributed by atoms with E-state index in [1.165, 1.54) is 11.8 Å². The molecule has 0 aliphatic heterocycles. The Bertz CT molecular complexity index is 179. The molecule has 0 amide bonds. The van der Waals surface area contributed by atoms with Crippen LogP contribution in [0.15, 0.2) is 43.1 Å². The summed E-state index contributed by atoms with van der Waals surface area (Å²) in [5, 5.41) is 0. The van der Waals surface area contributed by atoms with E-state index >= 15 is 0 Å². The molecule has 0 aromatic heterocycles. The van der Waals surface area contributed by atoms with E-state index in [9.17, 15) is 0 Å². The Morgan fingerprint density at radius 1 is 1.36 bits per heavy atom. The quantitative estimate of drug-likeness (QED) is 0.651. The van der Waals surface area contributed by atoms with Gasteiger partial charge in [-0.1, -0.05) is 43.8 Å². The highest BCUT2D eigenvalue weighted by Crippen LogP contribution is 1.96. The number of hydrogen-bond donors (Lipinski definition) is 1.